The number of fused-ring (bicyclic) bond motifs is 2. The molecule has 40 heavy (non-hydrogen) atoms. The van der Waals surface area contributed by atoms with Gasteiger partial charge in [0.1, 0.15) is 17.6 Å². The second kappa shape index (κ2) is 13.7. The molecule has 0 aromatic heterocycles. The molecule has 0 aliphatic carbocycles. The number of ether oxygens (including phenoxy) is 1. The largest absolute Gasteiger partial charge is 0.506 e. The van der Waals surface area contributed by atoms with Crippen LogP contribution in [0.4, 0.5) is 16.2 Å². The lowest BCUT2D eigenvalue weighted by Gasteiger charge is -2.27. The SMILES string of the molecule is CC1=CC=CC(C)C(OC(N)=O)C(C)=CC(C)C(O)CCC(C)Cc2c(O)c(cc(O)c2N2CCCC2)NC1=O. The molecular weight excluding hydrogens is 510 g/mol. The molecule has 5 atom stereocenters. The van der Waals surface area contributed by atoms with Gasteiger partial charge in [-0.2, -0.15) is 0 Å². The van der Waals surface area contributed by atoms with Gasteiger partial charge in [-0.15, -0.1) is 0 Å². The minimum atomic E-state index is -0.886. The second-order valence-corrected chi connectivity index (χ2v) is 11.4. The number of rotatable bonds is 2. The molecule has 0 radical (unpaired) electrons. The zero-order chi connectivity index (χ0) is 29.6. The number of carbonyl (C=O) groups is 2. The predicted molar refractivity (Wildman–Crippen MR) is 157 cm³/mol. The number of nitrogens with two attached hydrogens (primary N) is 1. The van der Waals surface area contributed by atoms with Gasteiger partial charge in [0, 0.05) is 42.1 Å². The second-order valence-electron chi connectivity index (χ2n) is 11.4. The molecule has 6 N–H and O–H groups in total. The van der Waals surface area contributed by atoms with Gasteiger partial charge in [-0.1, -0.05) is 45.1 Å². The van der Waals surface area contributed by atoms with Crippen molar-refractivity contribution < 1.29 is 29.6 Å². The maximum absolute atomic E-state index is 13.0. The number of phenolic OH excluding ortho intramolecular Hbond substituents is 2. The zero-order valence-corrected chi connectivity index (χ0v) is 24.3. The van der Waals surface area contributed by atoms with Crippen molar-refractivity contribution in [3.8, 4) is 11.5 Å². The summed E-state index contributed by atoms with van der Waals surface area (Å²) < 4.78 is 5.41. The van der Waals surface area contributed by atoms with Crippen LogP contribution in [0.15, 0.2) is 41.5 Å². The number of primary amides is 1. The molecule has 2 aliphatic rings. The van der Waals surface area contributed by atoms with Gasteiger partial charge in [-0.05, 0) is 57.4 Å². The number of allylic oxidation sites excluding steroid dienone is 2. The Balaban J connectivity index is 2.03. The van der Waals surface area contributed by atoms with E-state index in [1.54, 1.807) is 19.1 Å². The smallest absolute Gasteiger partial charge is 0.405 e. The van der Waals surface area contributed by atoms with Gasteiger partial charge in [0.25, 0.3) is 5.91 Å². The van der Waals surface area contributed by atoms with Crippen molar-refractivity contribution in [3.05, 3.63) is 47.1 Å². The normalized spacial score (nSPS) is 27.1. The number of aromatic hydroxyl groups is 2. The van der Waals surface area contributed by atoms with E-state index in [1.807, 2.05) is 39.8 Å². The number of nitrogens with one attached hydrogen (secondary N) is 1. The molecule has 9 nitrogen and oxygen atoms in total. The molecule has 0 spiro atoms. The van der Waals surface area contributed by atoms with E-state index >= 15 is 0 Å². The van der Waals surface area contributed by atoms with Gasteiger partial charge >= 0.3 is 6.09 Å². The van der Waals surface area contributed by atoms with Crippen LogP contribution in [0.25, 0.3) is 0 Å². The van der Waals surface area contributed by atoms with Crippen molar-refractivity contribution in [1.29, 1.82) is 0 Å². The van der Waals surface area contributed by atoms with E-state index in [4.69, 9.17) is 10.5 Å². The highest BCUT2D eigenvalue weighted by Gasteiger charge is 2.27. The number of carbonyl (C=O) groups excluding carboxylic acids is 2. The Labute approximate surface area is 237 Å². The van der Waals surface area contributed by atoms with Gasteiger partial charge in [-0.3, -0.25) is 4.79 Å². The summed E-state index contributed by atoms with van der Waals surface area (Å²) in [5, 5.41) is 36.1. The number of aliphatic hydroxyl groups excluding tert-OH is 1. The van der Waals surface area contributed by atoms with E-state index < -0.39 is 24.2 Å². The molecule has 2 heterocycles. The number of aliphatic hydroxyl groups is 1. The van der Waals surface area contributed by atoms with E-state index in [-0.39, 0.29) is 34.9 Å². The number of amides is 2. The van der Waals surface area contributed by atoms with E-state index in [1.165, 1.54) is 6.07 Å². The molecule has 5 unspecified atom stereocenters. The minimum Gasteiger partial charge on any atom is -0.506 e. The Kier molecular flexibility index (Phi) is 10.7. The lowest BCUT2D eigenvalue weighted by Crippen LogP contribution is -2.29. The Morgan fingerprint density at radius 2 is 1.77 bits per heavy atom. The highest BCUT2D eigenvalue weighted by atomic mass is 16.6. The fourth-order valence-electron chi connectivity index (χ4n) is 5.59. The summed E-state index contributed by atoms with van der Waals surface area (Å²) in [4.78, 5) is 26.7. The van der Waals surface area contributed by atoms with Crippen LogP contribution in [-0.4, -0.2) is 52.6 Å². The number of nitrogens with zero attached hydrogens (tertiary/aromatic N) is 1. The molecule has 1 aromatic carbocycles. The third kappa shape index (κ3) is 7.81. The Hall–Kier alpha value is -3.46. The van der Waals surface area contributed by atoms with Gasteiger partial charge in [-0.25, -0.2) is 4.79 Å². The first kappa shape index (κ1) is 31.1. The molecule has 2 amide bonds. The number of hydrogen-bond donors (Lipinski definition) is 5. The molecule has 1 saturated heterocycles. The first-order chi connectivity index (χ1) is 18.9. The number of phenols is 2. The van der Waals surface area contributed by atoms with Crippen LogP contribution in [0.2, 0.25) is 0 Å². The maximum atomic E-state index is 13.0. The Morgan fingerprint density at radius 3 is 2.42 bits per heavy atom. The summed E-state index contributed by atoms with van der Waals surface area (Å²) in [6, 6.07) is 1.41. The molecule has 0 saturated carbocycles. The fourth-order valence-corrected chi connectivity index (χ4v) is 5.59. The number of benzene rings is 1. The molecule has 1 aromatic rings. The highest BCUT2D eigenvalue weighted by Crippen LogP contribution is 2.45. The predicted octanol–water partition coefficient (Wildman–Crippen LogP) is 5.15. The lowest BCUT2D eigenvalue weighted by atomic mass is 9.88. The zero-order valence-electron chi connectivity index (χ0n) is 24.3. The lowest BCUT2D eigenvalue weighted by molar-refractivity contribution is -0.112. The van der Waals surface area contributed by atoms with Crippen LogP contribution in [0, 0.1) is 17.8 Å². The van der Waals surface area contributed by atoms with Crippen LogP contribution in [0.1, 0.15) is 65.9 Å². The third-order valence-electron chi connectivity index (χ3n) is 7.95. The van der Waals surface area contributed by atoms with Crippen molar-refractivity contribution in [1.82, 2.24) is 0 Å². The summed E-state index contributed by atoms with van der Waals surface area (Å²) in [5.74, 6) is -0.834. The number of anilines is 2. The fraction of sp³-hybridized carbons (Fsp3) is 0.548. The first-order valence-corrected chi connectivity index (χ1v) is 14.2. The van der Waals surface area contributed by atoms with Gasteiger partial charge < -0.3 is 36.0 Å². The molecular formula is C31H45N3O6. The standard InChI is InChI=1S/C31H45N3O6/c1-18-11-12-25(35)21(4)16-22(5)29(40-31(32)39)19(2)9-8-10-20(3)30(38)33-24-17-26(36)27(23(15-18)28(24)37)34-13-6-7-14-34/h8-10,16-19,21,25,29,35-37H,6-7,11-15H2,1-5H3,(H2,32,39)(H,33,38). The van der Waals surface area contributed by atoms with Crippen LogP contribution < -0.4 is 16.0 Å². The average Bonchev–Trinajstić information content (AvgIpc) is 3.42. The van der Waals surface area contributed by atoms with Crippen molar-refractivity contribution in [2.75, 3.05) is 23.3 Å². The van der Waals surface area contributed by atoms with Crippen LogP contribution in [-0.2, 0) is 16.0 Å². The van der Waals surface area contributed by atoms with Gasteiger partial charge in [0.2, 0.25) is 0 Å². The summed E-state index contributed by atoms with van der Waals surface area (Å²) >= 11 is 0. The van der Waals surface area contributed by atoms with E-state index in [0.29, 0.717) is 36.1 Å². The molecule has 9 heteroatoms. The molecule has 3 rings (SSSR count). The minimum absolute atomic E-state index is 0.0215. The summed E-state index contributed by atoms with van der Waals surface area (Å²) in [6.07, 6.45) is 8.59. The topological polar surface area (TPSA) is 145 Å². The Morgan fingerprint density at radius 1 is 1.10 bits per heavy atom. The summed E-state index contributed by atoms with van der Waals surface area (Å²) in [5.41, 5.74) is 7.87. The Bertz CT molecular complexity index is 1170. The van der Waals surface area contributed by atoms with E-state index in [0.717, 1.165) is 31.5 Å². The van der Waals surface area contributed by atoms with Crippen molar-refractivity contribution >= 4 is 23.4 Å². The van der Waals surface area contributed by atoms with Crippen LogP contribution in [0.3, 0.4) is 0 Å². The monoisotopic (exact) mass is 555 g/mol. The number of hydrogen-bond acceptors (Lipinski definition) is 7. The van der Waals surface area contributed by atoms with Crippen molar-refractivity contribution in [2.45, 2.75) is 78.9 Å². The van der Waals surface area contributed by atoms with E-state index in [2.05, 4.69) is 10.2 Å². The summed E-state index contributed by atoms with van der Waals surface area (Å²) in [6.45, 7) is 10.9. The van der Waals surface area contributed by atoms with Crippen molar-refractivity contribution in [3.63, 3.8) is 0 Å². The first-order valence-electron chi connectivity index (χ1n) is 14.2. The van der Waals surface area contributed by atoms with Crippen LogP contribution in [0.5, 0.6) is 11.5 Å². The maximum Gasteiger partial charge on any atom is 0.405 e. The average molecular weight is 556 g/mol. The summed E-state index contributed by atoms with van der Waals surface area (Å²) in [7, 11) is 0. The van der Waals surface area contributed by atoms with E-state index in [9.17, 15) is 24.9 Å². The molecule has 2 aliphatic heterocycles. The van der Waals surface area contributed by atoms with Crippen LogP contribution >= 0.6 is 0 Å². The third-order valence-corrected chi connectivity index (χ3v) is 7.95. The molecule has 220 valence electrons. The molecule has 1 fully saturated rings. The van der Waals surface area contributed by atoms with Gasteiger partial charge in [0.05, 0.1) is 17.5 Å². The molecule has 2 bridgehead atoms. The van der Waals surface area contributed by atoms with Crippen molar-refractivity contribution in [2.24, 2.45) is 23.5 Å². The quantitative estimate of drug-likeness (QED) is 0.193. The highest BCUT2D eigenvalue weighted by molar-refractivity contribution is 6.05. The van der Waals surface area contributed by atoms with Gasteiger partial charge in [0.15, 0.2) is 0 Å².